The van der Waals surface area contributed by atoms with E-state index in [9.17, 15) is 0 Å². The van der Waals surface area contributed by atoms with Crippen LogP contribution in [0.25, 0.3) is 0 Å². The van der Waals surface area contributed by atoms with Gasteiger partial charge in [0.25, 0.3) is 0 Å². The second-order valence-electron chi connectivity index (χ2n) is 5.02. The van der Waals surface area contributed by atoms with Crippen LogP contribution >= 0.6 is 0 Å². The van der Waals surface area contributed by atoms with E-state index in [2.05, 4.69) is 24.1 Å². The van der Waals surface area contributed by atoms with Gasteiger partial charge in [-0.15, -0.1) is 0 Å². The Hall–Kier alpha value is -0.880. The average molecular weight is 284 g/mol. The Morgan fingerprint density at radius 3 is 2.65 bits per heavy atom. The van der Waals surface area contributed by atoms with E-state index in [4.69, 9.17) is 13.9 Å². The van der Waals surface area contributed by atoms with Crippen LogP contribution < -0.4 is 5.32 Å². The smallest absolute Gasteiger partial charge is 0.120 e. The number of rotatable bonds is 11. The molecule has 0 spiro atoms. The molecule has 0 aliphatic heterocycles. The zero-order valence-electron chi connectivity index (χ0n) is 13.1. The summed E-state index contributed by atoms with van der Waals surface area (Å²) in [6.45, 7) is 8.53. The molecule has 0 amide bonds. The van der Waals surface area contributed by atoms with Gasteiger partial charge in [0, 0.05) is 39.9 Å². The van der Waals surface area contributed by atoms with Crippen molar-refractivity contribution in [1.29, 1.82) is 0 Å². The molecule has 0 aromatic carbocycles. The molecule has 0 saturated heterocycles. The van der Waals surface area contributed by atoms with Gasteiger partial charge in [-0.3, -0.25) is 4.90 Å². The summed E-state index contributed by atoms with van der Waals surface area (Å²) in [6, 6.07) is 4.52. The number of ether oxygens (including phenoxy) is 2. The van der Waals surface area contributed by atoms with Crippen LogP contribution in [0.2, 0.25) is 0 Å². The number of furan rings is 1. The molecular formula is C15H28N2O3. The minimum atomic E-state index is 0.229. The van der Waals surface area contributed by atoms with Crippen molar-refractivity contribution in [3.05, 3.63) is 24.2 Å². The average Bonchev–Trinajstić information content (AvgIpc) is 2.96. The normalized spacial score (nSPS) is 14.7. The first-order valence-electron chi connectivity index (χ1n) is 7.17. The van der Waals surface area contributed by atoms with Crippen molar-refractivity contribution < 1.29 is 13.9 Å². The highest BCUT2D eigenvalue weighted by molar-refractivity contribution is 5.02. The molecule has 0 fully saturated rings. The first kappa shape index (κ1) is 17.2. The van der Waals surface area contributed by atoms with Crippen LogP contribution in [-0.2, 0) is 9.47 Å². The SMILES string of the molecule is COCCN(CCNC(C)c1ccco1)C(C)COC. The fraction of sp³-hybridized carbons (Fsp3) is 0.733. The Morgan fingerprint density at radius 2 is 2.05 bits per heavy atom. The summed E-state index contributed by atoms with van der Waals surface area (Å²) in [6.07, 6.45) is 1.71. The molecule has 0 bridgehead atoms. The van der Waals surface area contributed by atoms with Gasteiger partial charge in [-0.25, -0.2) is 0 Å². The van der Waals surface area contributed by atoms with Gasteiger partial charge in [-0.05, 0) is 26.0 Å². The minimum absolute atomic E-state index is 0.229. The van der Waals surface area contributed by atoms with Gasteiger partial charge in [-0.1, -0.05) is 0 Å². The van der Waals surface area contributed by atoms with Crippen molar-refractivity contribution in [2.45, 2.75) is 25.9 Å². The lowest BCUT2D eigenvalue weighted by Crippen LogP contribution is -2.42. The largest absolute Gasteiger partial charge is 0.468 e. The van der Waals surface area contributed by atoms with E-state index >= 15 is 0 Å². The summed E-state index contributed by atoms with van der Waals surface area (Å²) >= 11 is 0. The number of hydrogen-bond donors (Lipinski definition) is 1. The predicted octanol–water partition coefficient (Wildman–Crippen LogP) is 1.91. The molecule has 5 nitrogen and oxygen atoms in total. The molecule has 5 heteroatoms. The Morgan fingerprint density at radius 1 is 1.25 bits per heavy atom. The van der Waals surface area contributed by atoms with E-state index in [1.807, 2.05) is 12.1 Å². The molecule has 2 atom stereocenters. The Balaban J connectivity index is 2.33. The van der Waals surface area contributed by atoms with E-state index in [0.717, 1.165) is 38.6 Å². The van der Waals surface area contributed by atoms with Crippen LogP contribution in [0.3, 0.4) is 0 Å². The molecule has 1 N–H and O–H groups in total. The number of methoxy groups -OCH3 is 2. The fourth-order valence-electron chi connectivity index (χ4n) is 2.17. The maximum absolute atomic E-state index is 5.39. The predicted molar refractivity (Wildman–Crippen MR) is 79.9 cm³/mol. The third-order valence-corrected chi connectivity index (χ3v) is 3.43. The van der Waals surface area contributed by atoms with Gasteiger partial charge in [0.2, 0.25) is 0 Å². The molecule has 20 heavy (non-hydrogen) atoms. The summed E-state index contributed by atoms with van der Waals surface area (Å²) in [5.74, 6) is 0.971. The maximum atomic E-state index is 5.39. The van der Waals surface area contributed by atoms with Gasteiger partial charge in [0.05, 0.1) is 25.5 Å². The third kappa shape index (κ3) is 6.05. The van der Waals surface area contributed by atoms with Gasteiger partial charge >= 0.3 is 0 Å². The van der Waals surface area contributed by atoms with Crippen LogP contribution in [0.15, 0.2) is 22.8 Å². The second kappa shape index (κ2) is 9.94. The van der Waals surface area contributed by atoms with Crippen molar-refractivity contribution in [2.24, 2.45) is 0 Å². The quantitative estimate of drug-likeness (QED) is 0.672. The Labute approximate surface area is 122 Å². The van der Waals surface area contributed by atoms with Crippen LogP contribution in [0.1, 0.15) is 25.6 Å². The van der Waals surface area contributed by atoms with Crippen molar-refractivity contribution in [2.75, 3.05) is 47.1 Å². The first-order valence-corrected chi connectivity index (χ1v) is 7.17. The lowest BCUT2D eigenvalue weighted by Gasteiger charge is -2.28. The molecule has 1 aromatic heterocycles. The lowest BCUT2D eigenvalue weighted by molar-refractivity contribution is 0.0752. The Bertz CT molecular complexity index is 330. The van der Waals surface area contributed by atoms with Crippen LogP contribution in [0.5, 0.6) is 0 Å². The van der Waals surface area contributed by atoms with Gasteiger partial charge in [0.15, 0.2) is 0 Å². The van der Waals surface area contributed by atoms with Crippen molar-refractivity contribution in [3.63, 3.8) is 0 Å². The minimum Gasteiger partial charge on any atom is -0.468 e. The van der Waals surface area contributed by atoms with Crippen LogP contribution in [-0.4, -0.2) is 58.0 Å². The molecule has 116 valence electrons. The zero-order chi connectivity index (χ0) is 14.8. The van der Waals surface area contributed by atoms with Crippen molar-refractivity contribution in [3.8, 4) is 0 Å². The number of nitrogens with zero attached hydrogens (tertiary/aromatic N) is 1. The van der Waals surface area contributed by atoms with E-state index in [0.29, 0.717) is 6.04 Å². The highest BCUT2D eigenvalue weighted by atomic mass is 16.5. The summed E-state index contributed by atoms with van der Waals surface area (Å²) < 4.78 is 15.8. The number of hydrogen-bond acceptors (Lipinski definition) is 5. The summed E-state index contributed by atoms with van der Waals surface area (Å²) in [4.78, 5) is 2.37. The highest BCUT2D eigenvalue weighted by Crippen LogP contribution is 2.11. The molecule has 0 aliphatic rings. The molecule has 2 unspecified atom stereocenters. The van der Waals surface area contributed by atoms with E-state index in [1.165, 1.54) is 0 Å². The van der Waals surface area contributed by atoms with Gasteiger partial charge in [-0.2, -0.15) is 0 Å². The summed E-state index contributed by atoms with van der Waals surface area (Å²) in [5.41, 5.74) is 0. The number of nitrogens with one attached hydrogen (secondary N) is 1. The lowest BCUT2D eigenvalue weighted by atomic mass is 10.2. The molecule has 1 heterocycles. The van der Waals surface area contributed by atoms with Crippen molar-refractivity contribution in [1.82, 2.24) is 10.2 Å². The molecule has 0 aliphatic carbocycles. The van der Waals surface area contributed by atoms with Gasteiger partial charge in [0.1, 0.15) is 5.76 Å². The maximum Gasteiger partial charge on any atom is 0.120 e. The van der Waals surface area contributed by atoms with E-state index in [-0.39, 0.29) is 6.04 Å². The van der Waals surface area contributed by atoms with Gasteiger partial charge < -0.3 is 19.2 Å². The van der Waals surface area contributed by atoms with Crippen molar-refractivity contribution >= 4 is 0 Å². The Kier molecular flexibility index (Phi) is 8.53. The monoisotopic (exact) mass is 284 g/mol. The van der Waals surface area contributed by atoms with Crippen LogP contribution in [0.4, 0.5) is 0 Å². The third-order valence-electron chi connectivity index (χ3n) is 3.43. The molecule has 0 radical (unpaired) electrons. The topological polar surface area (TPSA) is 46.9 Å². The summed E-state index contributed by atoms with van der Waals surface area (Å²) in [5, 5.41) is 3.47. The molecule has 1 rings (SSSR count). The molecular weight excluding hydrogens is 256 g/mol. The second-order valence-corrected chi connectivity index (χ2v) is 5.02. The van der Waals surface area contributed by atoms with Crippen LogP contribution in [0, 0.1) is 0 Å². The summed E-state index contributed by atoms with van der Waals surface area (Å²) in [7, 11) is 3.47. The molecule has 1 aromatic rings. The zero-order valence-corrected chi connectivity index (χ0v) is 13.1. The van der Waals surface area contributed by atoms with E-state index < -0.39 is 0 Å². The van der Waals surface area contributed by atoms with E-state index in [1.54, 1.807) is 20.5 Å². The highest BCUT2D eigenvalue weighted by Gasteiger charge is 2.14. The fourth-order valence-corrected chi connectivity index (χ4v) is 2.17. The standard InChI is InChI=1S/C15H28N2O3/c1-13(12-19-4)17(9-11-18-3)8-7-16-14(2)15-6-5-10-20-15/h5-6,10,13-14,16H,7-9,11-12H2,1-4H3. The first-order chi connectivity index (χ1) is 9.69. The molecule has 0 saturated carbocycles.